The van der Waals surface area contributed by atoms with E-state index in [0.29, 0.717) is 0 Å². The average Bonchev–Trinajstić information content (AvgIpc) is 2.56. The minimum absolute atomic E-state index is 0. The maximum atomic E-state index is 6.01. The van der Waals surface area contributed by atoms with Crippen molar-refractivity contribution in [2.45, 2.75) is 59.7 Å². The standard InChI is InChI=1S/C15H23BO3.CH4/c1-6-11-17-13-9-7-12(8-10-13)16-18-14(2,3)15(4,5)19-16;/h7-10H,6,11H2,1-5H3;1H4. The molecule has 0 spiro atoms. The van der Waals surface area contributed by atoms with Crippen LogP contribution < -0.4 is 10.2 Å². The zero-order valence-electron chi connectivity index (χ0n) is 12.5. The third-order valence-electron chi connectivity index (χ3n) is 3.88. The van der Waals surface area contributed by atoms with Crippen LogP contribution in [-0.4, -0.2) is 24.9 Å². The largest absolute Gasteiger partial charge is 0.494 e. The summed E-state index contributed by atoms with van der Waals surface area (Å²) in [6.07, 6.45) is 1.01. The van der Waals surface area contributed by atoms with Gasteiger partial charge in [0.15, 0.2) is 0 Å². The topological polar surface area (TPSA) is 27.7 Å². The van der Waals surface area contributed by atoms with Gasteiger partial charge in [-0.1, -0.05) is 26.5 Å². The summed E-state index contributed by atoms with van der Waals surface area (Å²) in [5.74, 6) is 0.891. The highest BCUT2D eigenvalue weighted by Crippen LogP contribution is 2.36. The van der Waals surface area contributed by atoms with Crippen molar-refractivity contribution in [1.29, 1.82) is 0 Å². The van der Waals surface area contributed by atoms with Crippen molar-refractivity contribution in [3.05, 3.63) is 24.3 Å². The molecule has 0 atom stereocenters. The molecule has 0 aliphatic carbocycles. The van der Waals surface area contributed by atoms with E-state index in [-0.39, 0.29) is 25.7 Å². The van der Waals surface area contributed by atoms with Gasteiger partial charge in [-0.15, -0.1) is 0 Å². The molecule has 0 bridgehead atoms. The monoisotopic (exact) mass is 278 g/mol. The minimum Gasteiger partial charge on any atom is -0.494 e. The summed E-state index contributed by atoms with van der Waals surface area (Å²) in [5, 5.41) is 0. The van der Waals surface area contributed by atoms with Crippen LogP contribution >= 0.6 is 0 Å². The Morgan fingerprint density at radius 3 is 1.95 bits per heavy atom. The lowest BCUT2D eigenvalue weighted by Gasteiger charge is -2.32. The maximum Gasteiger partial charge on any atom is 0.494 e. The molecule has 1 aliphatic heterocycles. The van der Waals surface area contributed by atoms with Crippen molar-refractivity contribution < 1.29 is 14.0 Å². The van der Waals surface area contributed by atoms with Crippen molar-refractivity contribution in [1.82, 2.24) is 0 Å². The van der Waals surface area contributed by atoms with Crippen molar-refractivity contribution >= 4 is 12.6 Å². The molecule has 0 N–H and O–H groups in total. The first-order valence-electron chi connectivity index (χ1n) is 6.94. The van der Waals surface area contributed by atoms with E-state index in [2.05, 4.69) is 34.6 Å². The normalized spacial score (nSPS) is 19.6. The fourth-order valence-electron chi connectivity index (χ4n) is 1.92. The first kappa shape index (κ1) is 17.1. The third kappa shape index (κ3) is 3.36. The predicted octanol–water partition coefficient (Wildman–Crippen LogP) is 3.41. The van der Waals surface area contributed by atoms with Gasteiger partial charge in [-0.3, -0.25) is 0 Å². The van der Waals surface area contributed by atoms with Crippen molar-refractivity contribution in [2.24, 2.45) is 0 Å². The zero-order chi connectivity index (χ0) is 14.1. The molecule has 0 saturated carbocycles. The van der Waals surface area contributed by atoms with Gasteiger partial charge in [-0.05, 0) is 51.7 Å². The number of ether oxygens (including phenoxy) is 1. The lowest BCUT2D eigenvalue weighted by molar-refractivity contribution is 0.00578. The first-order chi connectivity index (χ1) is 8.86. The summed E-state index contributed by atoms with van der Waals surface area (Å²) in [6, 6.07) is 7.95. The summed E-state index contributed by atoms with van der Waals surface area (Å²) in [4.78, 5) is 0. The first-order valence-corrected chi connectivity index (χ1v) is 6.94. The van der Waals surface area contributed by atoms with Crippen LogP contribution in [0.2, 0.25) is 0 Å². The molecule has 20 heavy (non-hydrogen) atoms. The Balaban J connectivity index is 0.00000200. The molecular weight excluding hydrogens is 251 g/mol. The zero-order valence-corrected chi connectivity index (χ0v) is 12.5. The number of hydrogen-bond donors (Lipinski definition) is 0. The van der Waals surface area contributed by atoms with Gasteiger partial charge in [0, 0.05) is 0 Å². The SMILES string of the molecule is C.CCCOc1ccc(B2OC(C)(C)C(C)(C)O2)cc1. The van der Waals surface area contributed by atoms with Gasteiger partial charge in [0.2, 0.25) is 0 Å². The molecule has 112 valence electrons. The predicted molar refractivity (Wildman–Crippen MR) is 84.7 cm³/mol. The second-order valence-electron chi connectivity index (χ2n) is 6.01. The Kier molecular flexibility index (Phi) is 5.28. The summed E-state index contributed by atoms with van der Waals surface area (Å²) >= 11 is 0. The van der Waals surface area contributed by atoms with Gasteiger partial charge < -0.3 is 14.0 Å². The molecule has 1 aromatic carbocycles. The summed E-state index contributed by atoms with van der Waals surface area (Å²) < 4.78 is 17.6. The van der Waals surface area contributed by atoms with Crippen molar-refractivity contribution in [3.63, 3.8) is 0 Å². The second-order valence-corrected chi connectivity index (χ2v) is 6.01. The van der Waals surface area contributed by atoms with E-state index >= 15 is 0 Å². The van der Waals surface area contributed by atoms with Gasteiger partial charge in [0.05, 0.1) is 17.8 Å². The highest BCUT2D eigenvalue weighted by Gasteiger charge is 2.51. The molecule has 1 fully saturated rings. The van der Waals surface area contributed by atoms with Crippen LogP contribution in [0.25, 0.3) is 0 Å². The van der Waals surface area contributed by atoms with E-state index in [0.717, 1.165) is 24.2 Å². The van der Waals surface area contributed by atoms with Gasteiger partial charge in [0.25, 0.3) is 0 Å². The van der Waals surface area contributed by atoms with Crippen LogP contribution in [0.5, 0.6) is 5.75 Å². The molecular formula is C16H27BO3. The van der Waals surface area contributed by atoms with E-state index in [9.17, 15) is 0 Å². The van der Waals surface area contributed by atoms with Crippen molar-refractivity contribution in [2.75, 3.05) is 6.61 Å². The quantitative estimate of drug-likeness (QED) is 0.790. The van der Waals surface area contributed by atoms with Gasteiger partial charge in [-0.2, -0.15) is 0 Å². The lowest BCUT2D eigenvalue weighted by atomic mass is 9.79. The Labute approximate surface area is 123 Å². The van der Waals surface area contributed by atoms with Crippen LogP contribution in [0.15, 0.2) is 24.3 Å². The van der Waals surface area contributed by atoms with Crippen LogP contribution in [0, 0.1) is 0 Å². The van der Waals surface area contributed by atoms with Crippen LogP contribution in [0.3, 0.4) is 0 Å². The van der Waals surface area contributed by atoms with Crippen LogP contribution in [0.4, 0.5) is 0 Å². The maximum absolute atomic E-state index is 6.01. The average molecular weight is 278 g/mol. The molecule has 0 amide bonds. The Morgan fingerprint density at radius 2 is 1.50 bits per heavy atom. The fraction of sp³-hybridized carbons (Fsp3) is 0.625. The van der Waals surface area contributed by atoms with Gasteiger partial charge in [-0.25, -0.2) is 0 Å². The summed E-state index contributed by atoms with van der Waals surface area (Å²) in [6.45, 7) is 11.1. The van der Waals surface area contributed by atoms with Gasteiger partial charge in [0.1, 0.15) is 5.75 Å². The van der Waals surface area contributed by atoms with E-state index in [1.807, 2.05) is 24.3 Å². The molecule has 0 unspecified atom stereocenters. The van der Waals surface area contributed by atoms with Crippen molar-refractivity contribution in [3.8, 4) is 5.75 Å². The Bertz CT molecular complexity index is 410. The molecule has 0 aromatic heterocycles. The molecule has 2 rings (SSSR count). The molecule has 3 nitrogen and oxygen atoms in total. The lowest BCUT2D eigenvalue weighted by Crippen LogP contribution is -2.41. The Morgan fingerprint density at radius 1 is 1.00 bits per heavy atom. The summed E-state index contributed by atoms with van der Waals surface area (Å²) in [5.41, 5.74) is 0.437. The van der Waals surface area contributed by atoms with Gasteiger partial charge >= 0.3 is 7.12 Å². The molecule has 4 heteroatoms. The van der Waals surface area contributed by atoms with Crippen LogP contribution in [0.1, 0.15) is 48.5 Å². The number of rotatable bonds is 4. The fourth-order valence-corrected chi connectivity index (χ4v) is 1.92. The summed E-state index contributed by atoms with van der Waals surface area (Å²) in [7, 11) is -0.301. The number of hydrogen-bond acceptors (Lipinski definition) is 3. The van der Waals surface area contributed by atoms with E-state index in [1.54, 1.807) is 0 Å². The van der Waals surface area contributed by atoms with E-state index in [4.69, 9.17) is 14.0 Å². The smallest absolute Gasteiger partial charge is 0.494 e. The number of benzene rings is 1. The second kappa shape index (κ2) is 6.19. The highest BCUT2D eigenvalue weighted by molar-refractivity contribution is 6.62. The molecule has 1 heterocycles. The Hall–Kier alpha value is -0.995. The molecule has 1 aromatic rings. The van der Waals surface area contributed by atoms with Crippen LogP contribution in [-0.2, 0) is 9.31 Å². The molecule has 0 radical (unpaired) electrons. The molecule has 1 aliphatic rings. The third-order valence-corrected chi connectivity index (χ3v) is 3.88. The van der Waals surface area contributed by atoms with E-state index < -0.39 is 0 Å². The highest BCUT2D eigenvalue weighted by atomic mass is 16.7. The molecule has 1 saturated heterocycles. The minimum atomic E-state index is -0.301. The van der Waals surface area contributed by atoms with E-state index in [1.165, 1.54) is 0 Å².